The molecule has 0 spiro atoms. The van der Waals surface area contributed by atoms with E-state index < -0.39 is 10.1 Å². The van der Waals surface area contributed by atoms with Gasteiger partial charge in [0.05, 0.1) is 0 Å². The minimum absolute atomic E-state index is 0.271. The smallest absolute Gasteiger partial charge is 0.272 e. The monoisotopic (exact) mass is 121 g/mol. The van der Waals surface area contributed by atoms with Crippen LogP contribution in [0.4, 0.5) is 0 Å². The van der Waals surface area contributed by atoms with Crippen LogP contribution in [0.2, 0.25) is 0 Å². The van der Waals surface area contributed by atoms with Gasteiger partial charge in [-0.05, 0) is 12.8 Å². The maximum atomic E-state index is 9.91. The van der Waals surface area contributed by atoms with Crippen LogP contribution in [0.15, 0.2) is 0 Å². The van der Waals surface area contributed by atoms with E-state index in [1.165, 1.54) is 0 Å². The summed E-state index contributed by atoms with van der Waals surface area (Å²) in [7, 11) is -3.71. The van der Waals surface area contributed by atoms with E-state index in [0.29, 0.717) is 12.8 Å². The summed E-state index contributed by atoms with van der Waals surface area (Å²) in [6, 6.07) is 0. The first-order valence-corrected chi connectivity index (χ1v) is 3.37. The Hall–Kier alpha value is -0.0900. The summed E-state index contributed by atoms with van der Waals surface area (Å²) in [6.07, 6.45) is 1.11. The molecule has 0 atom stereocenters. The molecule has 41 valence electrons. The third-order valence-corrected chi connectivity index (χ3v) is 1.96. The van der Waals surface area contributed by atoms with Gasteiger partial charge < -0.3 is 0 Å². The van der Waals surface area contributed by atoms with E-state index in [1.54, 1.807) is 0 Å². The van der Waals surface area contributed by atoms with Crippen LogP contribution in [0, 0.1) is 5.25 Å². The second kappa shape index (κ2) is 1.20. The standard InChI is InChI=1S/C3H5O3S/c4-7(5,6)3-1-2-3/h1-2H2,(H,4,5,6). The molecule has 1 rings (SSSR count). The minimum Gasteiger partial charge on any atom is -0.285 e. The topological polar surface area (TPSA) is 54.4 Å². The van der Waals surface area contributed by atoms with Crippen molar-refractivity contribution in [2.75, 3.05) is 0 Å². The minimum atomic E-state index is -3.71. The Morgan fingerprint density at radius 1 is 1.43 bits per heavy atom. The first-order chi connectivity index (χ1) is 3.11. The summed E-state index contributed by atoms with van der Waals surface area (Å²) in [4.78, 5) is 0. The van der Waals surface area contributed by atoms with Gasteiger partial charge in [0.2, 0.25) is 0 Å². The second-order valence-corrected chi connectivity index (χ2v) is 3.04. The predicted octanol–water partition coefficient (Wildman–Crippen LogP) is 0.200. The fourth-order valence-corrected chi connectivity index (χ4v) is 0.927. The van der Waals surface area contributed by atoms with Gasteiger partial charge in [0.25, 0.3) is 10.1 Å². The maximum absolute atomic E-state index is 9.91. The predicted molar refractivity (Wildman–Crippen MR) is 24.0 cm³/mol. The first-order valence-electron chi connectivity index (χ1n) is 1.93. The Kier molecular flexibility index (Phi) is 0.864. The molecule has 0 heterocycles. The largest absolute Gasteiger partial charge is 0.285 e. The van der Waals surface area contributed by atoms with Crippen molar-refractivity contribution in [3.05, 3.63) is 5.25 Å². The molecule has 0 aliphatic heterocycles. The molecule has 1 fully saturated rings. The summed E-state index contributed by atoms with van der Waals surface area (Å²) in [5.74, 6) is 0. The highest BCUT2D eigenvalue weighted by atomic mass is 32.2. The zero-order valence-electron chi connectivity index (χ0n) is 3.59. The molecule has 0 aromatic carbocycles. The van der Waals surface area contributed by atoms with Crippen LogP contribution in [0.1, 0.15) is 12.8 Å². The van der Waals surface area contributed by atoms with Crippen molar-refractivity contribution in [1.29, 1.82) is 0 Å². The van der Waals surface area contributed by atoms with Crippen LogP contribution in [0.25, 0.3) is 0 Å². The summed E-state index contributed by atoms with van der Waals surface area (Å²) in [5, 5.41) is 0.271. The van der Waals surface area contributed by atoms with Crippen LogP contribution < -0.4 is 0 Å². The van der Waals surface area contributed by atoms with Crippen molar-refractivity contribution >= 4 is 10.1 Å². The van der Waals surface area contributed by atoms with Crippen LogP contribution in [0.3, 0.4) is 0 Å². The van der Waals surface area contributed by atoms with Gasteiger partial charge >= 0.3 is 0 Å². The second-order valence-electron chi connectivity index (χ2n) is 1.51. The molecule has 1 N–H and O–H groups in total. The molecule has 7 heavy (non-hydrogen) atoms. The van der Waals surface area contributed by atoms with E-state index in [9.17, 15) is 8.42 Å². The van der Waals surface area contributed by atoms with Gasteiger partial charge in [-0.15, -0.1) is 0 Å². The molecule has 0 aromatic heterocycles. The highest BCUT2D eigenvalue weighted by Crippen LogP contribution is 2.36. The van der Waals surface area contributed by atoms with E-state index >= 15 is 0 Å². The van der Waals surface area contributed by atoms with E-state index in [0.717, 1.165) is 0 Å². The first kappa shape index (κ1) is 5.05. The Morgan fingerprint density at radius 2 is 1.86 bits per heavy atom. The lowest BCUT2D eigenvalue weighted by molar-refractivity contribution is 0.488. The van der Waals surface area contributed by atoms with Crippen LogP contribution in [0.5, 0.6) is 0 Å². The van der Waals surface area contributed by atoms with Crippen molar-refractivity contribution in [2.45, 2.75) is 12.8 Å². The molecule has 0 saturated heterocycles. The summed E-state index contributed by atoms with van der Waals surface area (Å²) < 4.78 is 27.9. The fraction of sp³-hybridized carbons (Fsp3) is 0.667. The highest BCUT2D eigenvalue weighted by molar-refractivity contribution is 7.89. The molecule has 0 bridgehead atoms. The van der Waals surface area contributed by atoms with Crippen molar-refractivity contribution in [3.63, 3.8) is 0 Å². The molecular formula is C3H5O3S. The molecule has 1 aliphatic carbocycles. The number of rotatable bonds is 1. The van der Waals surface area contributed by atoms with Crippen molar-refractivity contribution < 1.29 is 13.0 Å². The Labute approximate surface area is 42.1 Å². The van der Waals surface area contributed by atoms with Gasteiger partial charge in [-0.2, -0.15) is 8.42 Å². The summed E-state index contributed by atoms with van der Waals surface area (Å²) >= 11 is 0. The quantitative estimate of drug-likeness (QED) is 0.504. The van der Waals surface area contributed by atoms with Crippen molar-refractivity contribution in [1.82, 2.24) is 0 Å². The van der Waals surface area contributed by atoms with Gasteiger partial charge in [-0.25, -0.2) is 0 Å². The fourth-order valence-electron chi connectivity index (χ4n) is 0.309. The Morgan fingerprint density at radius 3 is 1.86 bits per heavy atom. The molecule has 0 unspecified atom stereocenters. The Bertz CT molecular complexity index is 153. The molecule has 1 radical (unpaired) electrons. The maximum Gasteiger partial charge on any atom is 0.272 e. The van der Waals surface area contributed by atoms with Crippen LogP contribution in [-0.2, 0) is 10.1 Å². The molecule has 1 saturated carbocycles. The van der Waals surface area contributed by atoms with E-state index in [4.69, 9.17) is 4.55 Å². The third-order valence-electron chi connectivity index (χ3n) is 0.819. The van der Waals surface area contributed by atoms with Gasteiger partial charge in [-0.1, -0.05) is 0 Å². The van der Waals surface area contributed by atoms with E-state index in [1.807, 2.05) is 0 Å². The van der Waals surface area contributed by atoms with Crippen molar-refractivity contribution in [3.8, 4) is 0 Å². The van der Waals surface area contributed by atoms with Gasteiger partial charge in [0.1, 0.15) is 5.25 Å². The van der Waals surface area contributed by atoms with E-state index in [2.05, 4.69) is 0 Å². The molecule has 3 nitrogen and oxygen atoms in total. The number of hydrogen-bond donors (Lipinski definition) is 1. The average Bonchev–Trinajstić information content (AvgIpc) is 1.99. The normalized spacial score (nSPS) is 22.4. The Balaban J connectivity index is 2.71. The molecular weight excluding hydrogens is 116 g/mol. The van der Waals surface area contributed by atoms with Crippen molar-refractivity contribution in [2.24, 2.45) is 0 Å². The molecule has 0 amide bonds. The average molecular weight is 121 g/mol. The molecule has 4 heteroatoms. The van der Waals surface area contributed by atoms with E-state index in [-0.39, 0.29) is 5.25 Å². The zero-order chi connectivity index (χ0) is 5.49. The zero-order valence-corrected chi connectivity index (χ0v) is 4.40. The third kappa shape index (κ3) is 1.14. The lowest BCUT2D eigenvalue weighted by atomic mass is 11.0. The number of hydrogen-bond acceptors (Lipinski definition) is 2. The van der Waals surface area contributed by atoms with Gasteiger partial charge in [0.15, 0.2) is 0 Å². The summed E-state index contributed by atoms with van der Waals surface area (Å²) in [5.41, 5.74) is 0. The van der Waals surface area contributed by atoms with Crippen LogP contribution >= 0.6 is 0 Å². The summed E-state index contributed by atoms with van der Waals surface area (Å²) in [6.45, 7) is 0. The lowest BCUT2D eigenvalue weighted by Gasteiger charge is -1.82. The highest BCUT2D eigenvalue weighted by Gasteiger charge is 2.35. The molecule has 0 aromatic rings. The van der Waals surface area contributed by atoms with Gasteiger partial charge in [-0.3, -0.25) is 4.55 Å². The van der Waals surface area contributed by atoms with Gasteiger partial charge in [0, 0.05) is 0 Å². The molecule has 1 aliphatic rings. The SMILES string of the molecule is O=S(=O)(O)[C]1CC1. The lowest BCUT2D eigenvalue weighted by Crippen LogP contribution is -1.95. The van der Waals surface area contributed by atoms with Crippen LogP contribution in [-0.4, -0.2) is 13.0 Å².